The molecule has 0 saturated carbocycles. The maximum absolute atomic E-state index is 12.3. The van der Waals surface area contributed by atoms with E-state index in [2.05, 4.69) is 5.32 Å². The molecule has 0 heterocycles. The van der Waals surface area contributed by atoms with Crippen LogP contribution in [0.15, 0.2) is 30.3 Å². The summed E-state index contributed by atoms with van der Waals surface area (Å²) in [7, 11) is 1.57. The summed E-state index contributed by atoms with van der Waals surface area (Å²) >= 11 is 6.06. The maximum atomic E-state index is 12.3. The van der Waals surface area contributed by atoms with Gasteiger partial charge >= 0.3 is 0 Å². The number of carbonyl (C=O) groups excluding carboxylic acids is 2. The molecule has 27 heavy (non-hydrogen) atoms. The second-order valence-electron chi connectivity index (χ2n) is 6.79. The van der Waals surface area contributed by atoms with Crippen molar-refractivity contribution in [3.8, 4) is 5.75 Å². The monoisotopic (exact) mass is 388 g/mol. The number of likely N-dealkylation sites (N-methyl/N-ethyl adjacent to an activating group) is 1. The number of nitrogens with zero attached hydrogens (tertiary/aromatic N) is 1. The van der Waals surface area contributed by atoms with Crippen molar-refractivity contribution in [2.24, 2.45) is 0 Å². The fourth-order valence-corrected chi connectivity index (χ4v) is 3.00. The van der Waals surface area contributed by atoms with Gasteiger partial charge in [-0.15, -0.1) is 0 Å². The predicted molar refractivity (Wildman–Crippen MR) is 109 cm³/mol. The number of aryl methyl sites for hydroxylation is 4. The molecule has 0 aromatic heterocycles. The molecule has 144 valence electrons. The topological polar surface area (TPSA) is 58.6 Å². The molecule has 0 unspecified atom stereocenters. The molecule has 1 N–H and O–H groups in total. The first-order chi connectivity index (χ1) is 12.7. The lowest BCUT2D eigenvalue weighted by atomic mass is 10.1. The molecular weight excluding hydrogens is 364 g/mol. The van der Waals surface area contributed by atoms with Crippen LogP contribution in [0.4, 0.5) is 5.69 Å². The van der Waals surface area contributed by atoms with Crippen LogP contribution in [0, 0.1) is 27.7 Å². The number of carbonyl (C=O) groups is 2. The summed E-state index contributed by atoms with van der Waals surface area (Å²) in [5.74, 6) is -0.108. The summed E-state index contributed by atoms with van der Waals surface area (Å²) in [5, 5.41) is 3.33. The van der Waals surface area contributed by atoms with Gasteiger partial charge in [0.1, 0.15) is 5.75 Å². The summed E-state index contributed by atoms with van der Waals surface area (Å²) in [6.45, 7) is 7.58. The Bertz CT molecular complexity index is 841. The molecular formula is C21H25ClN2O3. The minimum atomic E-state index is -0.305. The van der Waals surface area contributed by atoms with Crippen LogP contribution < -0.4 is 10.1 Å². The largest absolute Gasteiger partial charge is 0.482 e. The minimum Gasteiger partial charge on any atom is -0.482 e. The van der Waals surface area contributed by atoms with Crippen molar-refractivity contribution in [1.82, 2.24) is 4.90 Å². The summed E-state index contributed by atoms with van der Waals surface area (Å²) in [5.41, 5.74) is 4.90. The second-order valence-corrected chi connectivity index (χ2v) is 7.20. The molecule has 0 aliphatic heterocycles. The van der Waals surface area contributed by atoms with E-state index in [9.17, 15) is 9.59 Å². The van der Waals surface area contributed by atoms with E-state index in [4.69, 9.17) is 16.3 Å². The first-order valence-electron chi connectivity index (χ1n) is 8.68. The third-order valence-corrected chi connectivity index (χ3v) is 4.50. The van der Waals surface area contributed by atoms with E-state index >= 15 is 0 Å². The highest BCUT2D eigenvalue weighted by Crippen LogP contribution is 2.25. The quantitative estimate of drug-likeness (QED) is 0.812. The molecule has 2 aromatic carbocycles. The van der Waals surface area contributed by atoms with E-state index in [1.54, 1.807) is 19.2 Å². The van der Waals surface area contributed by atoms with Crippen molar-refractivity contribution in [3.05, 3.63) is 57.6 Å². The van der Waals surface area contributed by atoms with Crippen LogP contribution >= 0.6 is 11.6 Å². The molecule has 0 atom stereocenters. The summed E-state index contributed by atoms with van der Waals surface area (Å²) in [6, 6.07) is 9.38. The van der Waals surface area contributed by atoms with Gasteiger partial charge in [0.2, 0.25) is 5.91 Å². The number of hydrogen-bond acceptors (Lipinski definition) is 3. The molecule has 0 fully saturated rings. The van der Waals surface area contributed by atoms with E-state index in [0.717, 1.165) is 27.9 Å². The number of amides is 2. The van der Waals surface area contributed by atoms with E-state index < -0.39 is 0 Å². The molecule has 0 radical (unpaired) electrons. The van der Waals surface area contributed by atoms with Crippen LogP contribution in [0.1, 0.15) is 22.3 Å². The molecule has 2 amide bonds. The zero-order valence-electron chi connectivity index (χ0n) is 16.4. The SMILES string of the molecule is Cc1cc(C)c(NC(=O)CN(C)C(=O)COc2cc(C)ccc2Cl)c(C)c1. The number of rotatable bonds is 6. The third-order valence-electron chi connectivity index (χ3n) is 4.19. The van der Waals surface area contributed by atoms with Crippen LogP contribution in [-0.2, 0) is 9.59 Å². The van der Waals surface area contributed by atoms with Gasteiger partial charge in [-0.1, -0.05) is 35.4 Å². The van der Waals surface area contributed by atoms with Crippen LogP contribution in [0.5, 0.6) is 5.75 Å². The second kappa shape index (κ2) is 8.91. The smallest absolute Gasteiger partial charge is 0.260 e. The minimum absolute atomic E-state index is 0.0590. The Hall–Kier alpha value is -2.53. The molecule has 2 rings (SSSR count). The Morgan fingerprint density at radius 3 is 2.30 bits per heavy atom. The normalized spacial score (nSPS) is 10.4. The zero-order chi connectivity index (χ0) is 20.1. The molecule has 2 aromatic rings. The average Bonchev–Trinajstić information content (AvgIpc) is 2.58. The number of hydrogen-bond donors (Lipinski definition) is 1. The van der Waals surface area contributed by atoms with Gasteiger partial charge in [-0.25, -0.2) is 0 Å². The van der Waals surface area contributed by atoms with E-state index in [1.165, 1.54) is 4.90 Å². The van der Waals surface area contributed by atoms with Crippen molar-refractivity contribution in [2.45, 2.75) is 27.7 Å². The molecule has 0 aliphatic rings. The van der Waals surface area contributed by atoms with Crippen molar-refractivity contribution in [3.63, 3.8) is 0 Å². The molecule has 5 nitrogen and oxygen atoms in total. The molecule has 0 aliphatic carbocycles. The Morgan fingerprint density at radius 2 is 1.67 bits per heavy atom. The summed E-state index contributed by atoms with van der Waals surface area (Å²) < 4.78 is 5.50. The highest BCUT2D eigenvalue weighted by molar-refractivity contribution is 6.32. The Labute approximate surface area is 165 Å². The highest BCUT2D eigenvalue weighted by Gasteiger charge is 2.16. The van der Waals surface area contributed by atoms with Crippen molar-refractivity contribution >= 4 is 29.1 Å². The lowest BCUT2D eigenvalue weighted by molar-refractivity contribution is -0.135. The lowest BCUT2D eigenvalue weighted by Crippen LogP contribution is -2.37. The zero-order valence-corrected chi connectivity index (χ0v) is 17.1. The van der Waals surface area contributed by atoms with Crippen molar-refractivity contribution < 1.29 is 14.3 Å². The summed E-state index contributed by atoms with van der Waals surface area (Å²) in [6.07, 6.45) is 0. The first-order valence-corrected chi connectivity index (χ1v) is 9.05. The van der Waals surface area contributed by atoms with Gasteiger partial charge in [-0.3, -0.25) is 9.59 Å². The van der Waals surface area contributed by atoms with Crippen LogP contribution in [0.2, 0.25) is 5.02 Å². The number of anilines is 1. The van der Waals surface area contributed by atoms with Crippen molar-refractivity contribution in [2.75, 3.05) is 25.5 Å². The third kappa shape index (κ3) is 5.73. The van der Waals surface area contributed by atoms with Crippen LogP contribution in [-0.4, -0.2) is 36.9 Å². The fraction of sp³-hybridized carbons (Fsp3) is 0.333. The molecule has 0 bridgehead atoms. The van der Waals surface area contributed by atoms with Gasteiger partial charge < -0.3 is 15.0 Å². The Balaban J connectivity index is 1.92. The van der Waals surface area contributed by atoms with E-state index in [1.807, 2.05) is 45.9 Å². The Morgan fingerprint density at radius 1 is 1.04 bits per heavy atom. The standard InChI is InChI=1S/C21H25ClN2O3/c1-13-6-7-17(22)18(10-13)27-12-20(26)24(5)11-19(25)23-21-15(3)8-14(2)9-16(21)4/h6-10H,11-12H2,1-5H3,(H,23,25). The average molecular weight is 389 g/mol. The number of nitrogens with one attached hydrogen (secondary N) is 1. The van der Waals surface area contributed by atoms with E-state index in [0.29, 0.717) is 10.8 Å². The number of benzene rings is 2. The Kier molecular flexibility index (Phi) is 6.86. The first kappa shape index (κ1) is 20.8. The number of halogens is 1. The summed E-state index contributed by atoms with van der Waals surface area (Å²) in [4.78, 5) is 25.9. The van der Waals surface area contributed by atoms with Gasteiger partial charge in [0.25, 0.3) is 5.91 Å². The molecule has 6 heteroatoms. The van der Waals surface area contributed by atoms with Gasteiger partial charge in [-0.2, -0.15) is 0 Å². The maximum Gasteiger partial charge on any atom is 0.260 e. The van der Waals surface area contributed by atoms with Crippen LogP contribution in [0.25, 0.3) is 0 Å². The van der Waals surface area contributed by atoms with Gasteiger partial charge in [-0.05, 0) is 56.5 Å². The van der Waals surface area contributed by atoms with Gasteiger partial charge in [0, 0.05) is 12.7 Å². The van der Waals surface area contributed by atoms with Gasteiger partial charge in [0.15, 0.2) is 6.61 Å². The molecule has 0 saturated heterocycles. The van der Waals surface area contributed by atoms with Crippen LogP contribution in [0.3, 0.4) is 0 Å². The molecule has 0 spiro atoms. The van der Waals surface area contributed by atoms with Crippen molar-refractivity contribution in [1.29, 1.82) is 0 Å². The van der Waals surface area contributed by atoms with Gasteiger partial charge in [0.05, 0.1) is 11.6 Å². The highest BCUT2D eigenvalue weighted by atomic mass is 35.5. The predicted octanol–water partition coefficient (Wildman–Crippen LogP) is 4.05. The fourth-order valence-electron chi connectivity index (χ4n) is 2.83. The van der Waals surface area contributed by atoms with E-state index in [-0.39, 0.29) is 25.0 Å². The number of ether oxygens (including phenoxy) is 1. The lowest BCUT2D eigenvalue weighted by Gasteiger charge is -2.19.